The van der Waals surface area contributed by atoms with E-state index in [-0.39, 0.29) is 11.6 Å². The van der Waals surface area contributed by atoms with Gasteiger partial charge in [0.15, 0.2) is 0 Å². The monoisotopic (exact) mass is 375 g/mol. The van der Waals surface area contributed by atoms with E-state index in [1.54, 1.807) is 42.5 Å². The minimum absolute atomic E-state index is 0.166. The van der Waals surface area contributed by atoms with Crippen LogP contribution in [0.25, 0.3) is 0 Å². The Kier molecular flexibility index (Phi) is 5.67. The van der Waals surface area contributed by atoms with Crippen LogP contribution < -0.4 is 20.1 Å². The molecule has 3 rings (SSSR count). The molecule has 0 aliphatic carbocycles. The molecule has 2 aromatic carbocycles. The van der Waals surface area contributed by atoms with Gasteiger partial charge in [-0.25, -0.2) is 9.97 Å². The smallest absolute Gasteiger partial charge is 0.274 e. The predicted octanol–water partition coefficient (Wildman–Crippen LogP) is 3.36. The first-order valence-electron chi connectivity index (χ1n) is 8.26. The Bertz CT molecular complexity index is 1050. The molecule has 0 fully saturated rings. The Morgan fingerprint density at radius 1 is 1.11 bits per heavy atom. The predicted molar refractivity (Wildman–Crippen MR) is 104 cm³/mol. The number of nitrogens with one attached hydrogen (secondary N) is 2. The van der Waals surface area contributed by atoms with Gasteiger partial charge >= 0.3 is 0 Å². The molecule has 0 spiro atoms. The number of aromatic nitrogens is 2. The van der Waals surface area contributed by atoms with E-state index >= 15 is 0 Å². The number of carbonyl (C=O) groups excluding carboxylic acids is 1. The second kappa shape index (κ2) is 8.51. The van der Waals surface area contributed by atoms with Crippen molar-refractivity contribution in [2.24, 2.45) is 0 Å². The Balaban J connectivity index is 1.80. The van der Waals surface area contributed by atoms with Crippen molar-refractivity contribution >= 4 is 23.2 Å². The van der Waals surface area contributed by atoms with Crippen LogP contribution in [0.3, 0.4) is 0 Å². The third kappa shape index (κ3) is 4.34. The quantitative estimate of drug-likeness (QED) is 0.680. The fourth-order valence-electron chi connectivity index (χ4n) is 2.44. The van der Waals surface area contributed by atoms with Gasteiger partial charge in [0.2, 0.25) is 5.95 Å². The molecule has 0 unspecified atom stereocenters. The summed E-state index contributed by atoms with van der Waals surface area (Å²) in [6.45, 7) is 0. The molecule has 3 aromatic rings. The van der Waals surface area contributed by atoms with Crippen molar-refractivity contribution in [1.82, 2.24) is 9.97 Å². The molecule has 2 N–H and O–H groups in total. The number of rotatable bonds is 6. The van der Waals surface area contributed by atoms with E-state index < -0.39 is 5.91 Å². The number of benzene rings is 2. The van der Waals surface area contributed by atoms with Crippen LogP contribution in [0.5, 0.6) is 11.5 Å². The van der Waals surface area contributed by atoms with Crippen LogP contribution in [0.2, 0.25) is 0 Å². The van der Waals surface area contributed by atoms with Crippen LogP contribution >= 0.6 is 0 Å². The van der Waals surface area contributed by atoms with Crippen LogP contribution in [0, 0.1) is 11.3 Å². The first-order chi connectivity index (χ1) is 13.6. The second-order valence-corrected chi connectivity index (χ2v) is 5.60. The molecule has 1 heterocycles. The largest absolute Gasteiger partial charge is 0.497 e. The van der Waals surface area contributed by atoms with Crippen LogP contribution in [-0.2, 0) is 0 Å². The van der Waals surface area contributed by atoms with Gasteiger partial charge in [0, 0.05) is 18.0 Å². The highest BCUT2D eigenvalue weighted by atomic mass is 16.5. The maximum absolute atomic E-state index is 12.6. The zero-order valence-corrected chi connectivity index (χ0v) is 15.3. The highest BCUT2D eigenvalue weighted by Crippen LogP contribution is 2.29. The maximum Gasteiger partial charge on any atom is 0.274 e. The molecular weight excluding hydrogens is 358 g/mol. The molecule has 0 aliphatic rings. The van der Waals surface area contributed by atoms with Crippen LogP contribution in [0.4, 0.5) is 17.3 Å². The van der Waals surface area contributed by atoms with E-state index in [2.05, 4.69) is 26.7 Å². The number of carbonyl (C=O) groups is 1. The van der Waals surface area contributed by atoms with Crippen LogP contribution in [0.1, 0.15) is 16.1 Å². The lowest BCUT2D eigenvalue weighted by Gasteiger charge is -2.12. The maximum atomic E-state index is 12.6. The summed E-state index contributed by atoms with van der Waals surface area (Å²) >= 11 is 0. The lowest BCUT2D eigenvalue weighted by molar-refractivity contribution is 0.102. The fourth-order valence-corrected chi connectivity index (χ4v) is 2.44. The first-order valence-corrected chi connectivity index (χ1v) is 8.26. The molecule has 0 aliphatic heterocycles. The van der Waals surface area contributed by atoms with E-state index in [0.29, 0.717) is 28.4 Å². The van der Waals surface area contributed by atoms with Gasteiger partial charge in [-0.1, -0.05) is 6.07 Å². The van der Waals surface area contributed by atoms with E-state index in [4.69, 9.17) is 14.7 Å². The van der Waals surface area contributed by atoms with E-state index in [1.807, 2.05) is 0 Å². The molecule has 1 aromatic heterocycles. The van der Waals surface area contributed by atoms with Crippen LogP contribution in [0.15, 0.2) is 54.7 Å². The molecule has 28 heavy (non-hydrogen) atoms. The fraction of sp³-hybridized carbons (Fsp3) is 0.100. The molecule has 0 radical (unpaired) electrons. The number of hydrogen-bond acceptors (Lipinski definition) is 7. The van der Waals surface area contributed by atoms with Gasteiger partial charge in [-0.15, -0.1) is 0 Å². The number of nitriles is 1. The van der Waals surface area contributed by atoms with Gasteiger partial charge in [0.05, 0.1) is 31.5 Å². The summed E-state index contributed by atoms with van der Waals surface area (Å²) in [7, 11) is 3.05. The average molecular weight is 375 g/mol. The Morgan fingerprint density at radius 2 is 1.96 bits per heavy atom. The summed E-state index contributed by atoms with van der Waals surface area (Å²) < 4.78 is 10.4. The molecular formula is C20H17N5O3. The molecule has 0 atom stereocenters. The topological polar surface area (TPSA) is 109 Å². The minimum Gasteiger partial charge on any atom is -0.497 e. The van der Waals surface area contributed by atoms with Gasteiger partial charge in [0.1, 0.15) is 17.2 Å². The zero-order valence-electron chi connectivity index (χ0n) is 15.3. The molecule has 1 amide bonds. The molecule has 8 heteroatoms. The first kappa shape index (κ1) is 18.7. The van der Waals surface area contributed by atoms with E-state index in [9.17, 15) is 4.79 Å². The number of nitrogens with zero attached hydrogens (tertiary/aromatic N) is 3. The Hall–Kier alpha value is -4.12. The summed E-state index contributed by atoms with van der Waals surface area (Å²) in [6.07, 6.45) is 1.47. The standard InChI is InChI=1S/C20H17N5O3/c1-27-15-6-7-18(28-2)17(11-15)24-19(26)16-8-9-22-20(25-16)23-14-5-3-4-13(10-14)12-21/h3-11H,1-2H3,(H,24,26)(H,22,23,25). The van der Waals surface area contributed by atoms with Crippen molar-refractivity contribution < 1.29 is 14.3 Å². The highest BCUT2D eigenvalue weighted by molar-refractivity contribution is 6.04. The number of anilines is 3. The second-order valence-electron chi connectivity index (χ2n) is 5.60. The third-order valence-electron chi connectivity index (χ3n) is 3.79. The number of hydrogen-bond donors (Lipinski definition) is 2. The molecule has 0 bridgehead atoms. The van der Waals surface area contributed by atoms with Crippen molar-refractivity contribution in [2.45, 2.75) is 0 Å². The van der Waals surface area contributed by atoms with Gasteiger partial charge in [-0.3, -0.25) is 4.79 Å². The molecule has 8 nitrogen and oxygen atoms in total. The highest BCUT2D eigenvalue weighted by Gasteiger charge is 2.13. The van der Waals surface area contributed by atoms with E-state index in [1.165, 1.54) is 26.5 Å². The average Bonchev–Trinajstić information content (AvgIpc) is 2.74. The number of amides is 1. The number of ether oxygens (including phenoxy) is 2. The molecule has 0 saturated heterocycles. The van der Waals surface area contributed by atoms with Crippen molar-refractivity contribution in [1.29, 1.82) is 5.26 Å². The van der Waals surface area contributed by atoms with Crippen molar-refractivity contribution in [3.8, 4) is 17.6 Å². The lowest BCUT2D eigenvalue weighted by atomic mass is 10.2. The third-order valence-corrected chi connectivity index (χ3v) is 3.79. The minimum atomic E-state index is -0.428. The summed E-state index contributed by atoms with van der Waals surface area (Å²) in [6, 6.07) is 15.5. The summed E-state index contributed by atoms with van der Waals surface area (Å²) in [5.74, 6) is 0.886. The van der Waals surface area contributed by atoms with Gasteiger partial charge in [-0.2, -0.15) is 5.26 Å². The Labute approximate surface area is 161 Å². The van der Waals surface area contributed by atoms with Crippen molar-refractivity contribution in [3.05, 3.63) is 66.0 Å². The number of methoxy groups -OCH3 is 2. The van der Waals surface area contributed by atoms with E-state index in [0.717, 1.165) is 0 Å². The summed E-state index contributed by atoms with van der Waals surface area (Å²) in [5.41, 5.74) is 1.77. The summed E-state index contributed by atoms with van der Waals surface area (Å²) in [5, 5.41) is 14.7. The van der Waals surface area contributed by atoms with Crippen molar-refractivity contribution in [2.75, 3.05) is 24.9 Å². The van der Waals surface area contributed by atoms with Gasteiger partial charge < -0.3 is 20.1 Å². The van der Waals surface area contributed by atoms with Crippen LogP contribution in [-0.4, -0.2) is 30.1 Å². The zero-order chi connectivity index (χ0) is 19.9. The normalized spacial score (nSPS) is 9.89. The lowest BCUT2D eigenvalue weighted by Crippen LogP contribution is -2.15. The summed E-state index contributed by atoms with van der Waals surface area (Å²) in [4.78, 5) is 21.0. The van der Waals surface area contributed by atoms with Gasteiger partial charge in [-0.05, 0) is 36.4 Å². The Morgan fingerprint density at radius 3 is 2.71 bits per heavy atom. The molecule has 0 saturated carbocycles. The SMILES string of the molecule is COc1ccc(OC)c(NC(=O)c2ccnc(Nc3cccc(C#N)c3)n2)c1. The van der Waals surface area contributed by atoms with Crippen molar-refractivity contribution in [3.63, 3.8) is 0 Å². The molecule has 140 valence electrons. The van der Waals surface area contributed by atoms with Gasteiger partial charge in [0.25, 0.3) is 5.91 Å².